The standard InChI is InChI=1S/C9H4F2N2O3/c10-4-2-1-3-5(11)6(4)8(14)7(13-12)9(15)16/h1-3,12H. The lowest BCUT2D eigenvalue weighted by Crippen LogP contribution is -2.38. The Bertz CT molecular complexity index is 501. The van der Waals surface area contributed by atoms with Crippen molar-refractivity contribution in [3.05, 3.63) is 35.4 Å². The van der Waals surface area contributed by atoms with Gasteiger partial charge in [0.25, 0.3) is 5.78 Å². The Morgan fingerprint density at radius 1 is 1.25 bits per heavy atom. The number of halogens is 2. The van der Waals surface area contributed by atoms with Crippen molar-refractivity contribution in [3.8, 4) is 0 Å². The molecule has 1 N–H and O–H groups in total. The molecule has 0 radical (unpaired) electrons. The number of carbonyl (C=O) groups excluding carboxylic acids is 2. The first kappa shape index (κ1) is 11.7. The van der Waals surface area contributed by atoms with Crippen LogP contribution in [-0.2, 0) is 4.79 Å². The average Bonchev–Trinajstić information content (AvgIpc) is 2.17. The molecule has 0 saturated carbocycles. The topological polar surface area (TPSA) is 95.2 Å². The average molecular weight is 226 g/mol. The van der Waals surface area contributed by atoms with Gasteiger partial charge in [0.05, 0.1) is 10.3 Å². The van der Waals surface area contributed by atoms with E-state index in [-0.39, 0.29) is 0 Å². The number of Topliss-reactive ketones (excluding diaryl/α,β-unsaturated/α-hetero) is 1. The van der Waals surface area contributed by atoms with Crippen LogP contribution in [0.3, 0.4) is 0 Å². The predicted octanol–water partition coefficient (Wildman–Crippen LogP) is -0.422. The van der Waals surface area contributed by atoms with Crippen molar-refractivity contribution < 1.29 is 28.3 Å². The molecular formula is C9H4F2N2O3. The van der Waals surface area contributed by atoms with E-state index in [0.29, 0.717) is 0 Å². The normalized spacial score (nSPS) is 9.38. The molecule has 0 bridgehead atoms. The molecule has 0 atom stereocenters. The summed E-state index contributed by atoms with van der Waals surface area (Å²) < 4.78 is 26.1. The fourth-order valence-corrected chi connectivity index (χ4v) is 1.02. The molecule has 7 heteroatoms. The van der Waals surface area contributed by atoms with Crippen LogP contribution in [0.2, 0.25) is 0 Å². The van der Waals surface area contributed by atoms with Gasteiger partial charge in [-0.05, 0) is 12.1 Å². The molecule has 16 heavy (non-hydrogen) atoms. The number of rotatable bonds is 3. The zero-order valence-electron chi connectivity index (χ0n) is 7.66. The summed E-state index contributed by atoms with van der Waals surface area (Å²) in [6.07, 6.45) is 0. The Labute approximate surface area is 87.6 Å². The van der Waals surface area contributed by atoms with Crippen LogP contribution < -0.4 is 5.11 Å². The molecule has 0 heterocycles. The van der Waals surface area contributed by atoms with E-state index < -0.39 is 34.7 Å². The van der Waals surface area contributed by atoms with Crippen LogP contribution in [0.25, 0.3) is 0 Å². The van der Waals surface area contributed by atoms with Gasteiger partial charge in [0, 0.05) is 0 Å². The number of carbonyl (C=O) groups is 2. The van der Waals surface area contributed by atoms with Crippen LogP contribution >= 0.6 is 0 Å². The van der Waals surface area contributed by atoms with Crippen LogP contribution in [0.5, 0.6) is 0 Å². The lowest BCUT2D eigenvalue weighted by atomic mass is 10.1. The van der Waals surface area contributed by atoms with Gasteiger partial charge in [0.1, 0.15) is 17.2 Å². The maximum atomic E-state index is 13.1. The Morgan fingerprint density at radius 2 is 1.75 bits per heavy atom. The van der Waals surface area contributed by atoms with Gasteiger partial charge in [-0.15, -0.1) is 0 Å². The first-order valence-corrected chi connectivity index (χ1v) is 3.93. The molecule has 0 aromatic heterocycles. The third kappa shape index (κ3) is 1.99. The largest absolute Gasteiger partial charge is 0.538 e. The highest BCUT2D eigenvalue weighted by molar-refractivity contribution is 6.64. The smallest absolute Gasteiger partial charge is 0.434 e. The van der Waals surface area contributed by atoms with Gasteiger partial charge in [0.15, 0.2) is 5.97 Å². The van der Waals surface area contributed by atoms with Gasteiger partial charge >= 0.3 is 5.71 Å². The van der Waals surface area contributed by atoms with E-state index >= 15 is 0 Å². The van der Waals surface area contributed by atoms with Crippen molar-refractivity contribution in [2.24, 2.45) is 0 Å². The Hall–Kier alpha value is -2.40. The van der Waals surface area contributed by atoms with E-state index in [4.69, 9.17) is 5.53 Å². The first-order valence-electron chi connectivity index (χ1n) is 3.93. The van der Waals surface area contributed by atoms with Gasteiger partial charge in [-0.25, -0.2) is 8.78 Å². The summed E-state index contributed by atoms with van der Waals surface area (Å²) in [5, 5.41) is 10.3. The van der Waals surface area contributed by atoms with Crippen LogP contribution in [-0.4, -0.2) is 22.3 Å². The quantitative estimate of drug-likeness (QED) is 0.249. The maximum absolute atomic E-state index is 13.1. The van der Waals surface area contributed by atoms with Crippen LogP contribution in [0.1, 0.15) is 10.4 Å². The first-order chi connectivity index (χ1) is 7.49. The number of nitrogens with zero attached hydrogens (tertiary/aromatic N) is 1. The Balaban J connectivity index is 3.36. The highest BCUT2D eigenvalue weighted by Crippen LogP contribution is 2.12. The van der Waals surface area contributed by atoms with Gasteiger partial charge < -0.3 is 9.90 Å². The molecule has 0 spiro atoms. The van der Waals surface area contributed by atoms with E-state index in [0.717, 1.165) is 18.2 Å². The van der Waals surface area contributed by atoms with Crippen LogP contribution in [0.15, 0.2) is 18.2 Å². The molecule has 0 aliphatic heterocycles. The molecule has 1 aromatic carbocycles. The number of hydrogen-bond donors (Lipinski definition) is 1. The number of ketones is 1. The summed E-state index contributed by atoms with van der Waals surface area (Å²) in [6.45, 7) is 0. The lowest BCUT2D eigenvalue weighted by molar-refractivity contribution is -0.298. The summed E-state index contributed by atoms with van der Waals surface area (Å²) in [6, 6.07) is 2.58. The van der Waals surface area contributed by atoms with Crippen molar-refractivity contribution in [1.82, 2.24) is 0 Å². The molecule has 0 aliphatic carbocycles. The molecule has 5 nitrogen and oxygen atoms in total. The van der Waals surface area contributed by atoms with Crippen molar-refractivity contribution >= 4 is 17.5 Å². The van der Waals surface area contributed by atoms with Gasteiger partial charge in [-0.1, -0.05) is 6.07 Å². The monoisotopic (exact) mass is 226 g/mol. The number of benzene rings is 1. The zero-order valence-corrected chi connectivity index (χ0v) is 7.66. The highest BCUT2D eigenvalue weighted by atomic mass is 19.1. The number of carboxylic acid groups (broad SMARTS) is 1. The number of nitrogens with one attached hydrogen (secondary N) is 1. The Morgan fingerprint density at radius 3 is 2.12 bits per heavy atom. The van der Waals surface area contributed by atoms with Crippen molar-refractivity contribution in [2.45, 2.75) is 0 Å². The molecule has 0 aliphatic rings. The van der Waals surface area contributed by atoms with Crippen molar-refractivity contribution in [3.63, 3.8) is 0 Å². The predicted molar refractivity (Wildman–Crippen MR) is 43.7 cm³/mol. The zero-order chi connectivity index (χ0) is 12.3. The summed E-state index contributed by atoms with van der Waals surface area (Å²) in [7, 11) is 0. The van der Waals surface area contributed by atoms with E-state index in [2.05, 4.69) is 4.79 Å². The minimum atomic E-state index is -2.07. The summed E-state index contributed by atoms with van der Waals surface area (Å²) in [4.78, 5) is 24.0. The number of carboxylic acids is 1. The fourth-order valence-electron chi connectivity index (χ4n) is 1.02. The van der Waals surface area contributed by atoms with E-state index in [9.17, 15) is 23.5 Å². The summed E-state index contributed by atoms with van der Waals surface area (Å²) >= 11 is 0. The molecular weight excluding hydrogens is 222 g/mol. The van der Waals surface area contributed by atoms with E-state index in [1.807, 2.05) is 0 Å². The van der Waals surface area contributed by atoms with Gasteiger partial charge in [-0.2, -0.15) is 0 Å². The molecule has 1 aromatic rings. The molecule has 0 fully saturated rings. The summed E-state index contributed by atoms with van der Waals surface area (Å²) in [5.41, 5.74) is 3.98. The lowest BCUT2D eigenvalue weighted by Gasteiger charge is -1.99. The van der Waals surface area contributed by atoms with Gasteiger partial charge in [0.2, 0.25) is 0 Å². The minimum Gasteiger partial charge on any atom is -0.538 e. The van der Waals surface area contributed by atoms with Crippen LogP contribution in [0, 0.1) is 17.2 Å². The second-order valence-electron chi connectivity index (χ2n) is 2.67. The molecule has 82 valence electrons. The van der Waals surface area contributed by atoms with Gasteiger partial charge in [-0.3, -0.25) is 4.79 Å². The molecule has 0 unspecified atom stereocenters. The maximum Gasteiger partial charge on any atom is 0.434 e. The molecule has 1 rings (SSSR count). The highest BCUT2D eigenvalue weighted by Gasteiger charge is 2.31. The Kier molecular flexibility index (Phi) is 3.22. The molecule has 0 saturated heterocycles. The second kappa shape index (κ2) is 4.41. The van der Waals surface area contributed by atoms with Crippen molar-refractivity contribution in [1.29, 1.82) is 5.53 Å². The second-order valence-corrected chi connectivity index (χ2v) is 2.67. The SMILES string of the molecule is N=[N+]=C(C(=O)[O-])C(=O)c1c(F)cccc1F. The number of hydrogen-bond acceptors (Lipinski definition) is 4. The van der Waals surface area contributed by atoms with Crippen LogP contribution in [0.4, 0.5) is 8.78 Å². The minimum absolute atomic E-state index is 0.785. The van der Waals surface area contributed by atoms with E-state index in [1.54, 1.807) is 0 Å². The third-order valence-electron chi connectivity index (χ3n) is 1.71. The van der Waals surface area contributed by atoms with Crippen molar-refractivity contribution in [2.75, 3.05) is 0 Å². The fraction of sp³-hybridized carbons (Fsp3) is 0. The summed E-state index contributed by atoms with van der Waals surface area (Å²) in [5.74, 6) is -6.06. The molecule has 0 amide bonds. The third-order valence-corrected chi connectivity index (χ3v) is 1.71. The van der Waals surface area contributed by atoms with E-state index in [1.165, 1.54) is 0 Å². The number of aliphatic carboxylic acids is 1.